The highest BCUT2D eigenvalue weighted by atomic mass is 35.7. The first-order valence-corrected chi connectivity index (χ1v) is 9.02. The van der Waals surface area contributed by atoms with Crippen LogP contribution in [0.15, 0.2) is 0 Å². The van der Waals surface area contributed by atoms with E-state index in [0.29, 0.717) is 0 Å². The maximum atomic E-state index is 11.6. The number of hydrogen-bond acceptors (Lipinski definition) is 2. The van der Waals surface area contributed by atoms with Crippen LogP contribution in [0.1, 0.15) is 0 Å². The van der Waals surface area contributed by atoms with Crippen molar-refractivity contribution in [2.24, 2.45) is 0 Å². The normalized spacial score (nSPS) is 21.5. The third kappa shape index (κ3) is 4.33. The summed E-state index contributed by atoms with van der Waals surface area (Å²) in [5, 5.41) is 0. The second kappa shape index (κ2) is 4.65. The van der Waals surface area contributed by atoms with Crippen molar-refractivity contribution >= 4 is 35.8 Å². The molecule has 0 heterocycles. The van der Waals surface area contributed by atoms with Crippen molar-refractivity contribution in [1.82, 2.24) is 9.34 Å². The van der Waals surface area contributed by atoms with Gasteiger partial charge in [0.15, 0.2) is 0 Å². The Hall–Kier alpha value is 0.960. The molecule has 4 nitrogen and oxygen atoms in total. The third-order valence-electron chi connectivity index (χ3n) is 1.54. The molecule has 0 bridgehead atoms. The van der Waals surface area contributed by atoms with Gasteiger partial charge >= 0.3 is 0 Å². The molecule has 2 atom stereocenters. The molecule has 0 aromatic rings. The first-order chi connectivity index (χ1) is 5.59. The molecular formula is C5H14Cl2N2O2P2. The van der Waals surface area contributed by atoms with Gasteiger partial charge in [-0.3, -0.25) is 9.13 Å². The van der Waals surface area contributed by atoms with Gasteiger partial charge in [0.05, 0.1) is 0 Å². The van der Waals surface area contributed by atoms with E-state index in [1.54, 1.807) is 28.2 Å². The quantitative estimate of drug-likeness (QED) is 0.734. The van der Waals surface area contributed by atoms with Gasteiger partial charge in [0.25, 0.3) is 0 Å². The van der Waals surface area contributed by atoms with Crippen LogP contribution in [0, 0.1) is 0 Å². The van der Waals surface area contributed by atoms with E-state index in [2.05, 4.69) is 0 Å². The van der Waals surface area contributed by atoms with Crippen molar-refractivity contribution in [3.63, 3.8) is 0 Å². The standard InChI is InChI=1S/C5H14Cl2N2O2P2/c1-8(2)12(6,10)5-13(7,11)9(3)4/h5H2,1-4H3/t12-,13+. The number of rotatable bonds is 4. The van der Waals surface area contributed by atoms with E-state index < -0.39 is 13.3 Å². The van der Waals surface area contributed by atoms with E-state index in [1.807, 2.05) is 0 Å². The van der Waals surface area contributed by atoms with Crippen molar-refractivity contribution in [1.29, 1.82) is 0 Å². The average Bonchev–Trinajstić information content (AvgIpc) is 1.83. The van der Waals surface area contributed by atoms with Gasteiger partial charge in [0.2, 0.25) is 13.3 Å². The van der Waals surface area contributed by atoms with Crippen molar-refractivity contribution in [2.45, 2.75) is 0 Å². The molecule has 0 spiro atoms. The fourth-order valence-corrected chi connectivity index (χ4v) is 7.31. The molecule has 0 radical (unpaired) electrons. The zero-order valence-corrected chi connectivity index (χ0v) is 11.4. The predicted molar refractivity (Wildman–Crippen MR) is 59.2 cm³/mol. The maximum absolute atomic E-state index is 11.6. The van der Waals surface area contributed by atoms with Crippen LogP contribution in [0.4, 0.5) is 0 Å². The smallest absolute Gasteiger partial charge is 0.243 e. The van der Waals surface area contributed by atoms with E-state index >= 15 is 0 Å². The lowest BCUT2D eigenvalue weighted by molar-refractivity contribution is 0.519. The summed E-state index contributed by atoms with van der Waals surface area (Å²) < 4.78 is 26.0. The van der Waals surface area contributed by atoms with Crippen molar-refractivity contribution in [3.05, 3.63) is 0 Å². The molecule has 0 aliphatic rings. The van der Waals surface area contributed by atoms with Crippen LogP contribution < -0.4 is 0 Å². The zero-order chi connectivity index (χ0) is 10.9. The van der Waals surface area contributed by atoms with Gasteiger partial charge in [-0.1, -0.05) is 0 Å². The lowest BCUT2D eigenvalue weighted by Gasteiger charge is -2.23. The molecule has 0 rings (SSSR count). The Morgan fingerprint density at radius 3 is 1.31 bits per heavy atom. The summed E-state index contributed by atoms with van der Waals surface area (Å²) in [4.78, 5) is 0. The van der Waals surface area contributed by atoms with Crippen LogP contribution >= 0.6 is 35.8 Å². The van der Waals surface area contributed by atoms with Crippen LogP contribution in [0.3, 0.4) is 0 Å². The molecule has 0 fully saturated rings. The monoisotopic (exact) mass is 266 g/mol. The Bertz CT molecular complexity index is 243. The van der Waals surface area contributed by atoms with Crippen molar-refractivity contribution in [3.8, 4) is 0 Å². The van der Waals surface area contributed by atoms with Crippen LogP contribution in [0.25, 0.3) is 0 Å². The molecule has 0 saturated heterocycles. The molecule has 8 heteroatoms. The van der Waals surface area contributed by atoms with Crippen molar-refractivity contribution in [2.75, 3.05) is 34.1 Å². The molecule has 0 aliphatic heterocycles. The van der Waals surface area contributed by atoms with Gasteiger partial charge in [-0.2, -0.15) is 0 Å². The maximum Gasteiger partial charge on any atom is 0.243 e. The highest BCUT2D eigenvalue weighted by Gasteiger charge is 2.34. The second-order valence-corrected chi connectivity index (χ2v) is 11.4. The average molecular weight is 267 g/mol. The molecular weight excluding hydrogens is 253 g/mol. The number of halogens is 2. The summed E-state index contributed by atoms with van der Waals surface area (Å²) in [6.07, 6.45) is 0. The molecule has 0 aromatic heterocycles. The highest BCUT2D eigenvalue weighted by Crippen LogP contribution is 2.68. The minimum Gasteiger partial charge on any atom is -0.288 e. The molecule has 0 N–H and O–H groups in total. The van der Waals surface area contributed by atoms with Gasteiger partial charge in [-0.15, -0.1) is 0 Å². The van der Waals surface area contributed by atoms with Gasteiger partial charge in [0, 0.05) is 0 Å². The molecule has 0 amide bonds. The van der Waals surface area contributed by atoms with Crippen LogP contribution in [0.5, 0.6) is 0 Å². The van der Waals surface area contributed by atoms with E-state index in [-0.39, 0.29) is 5.90 Å². The topological polar surface area (TPSA) is 40.6 Å². The van der Waals surface area contributed by atoms with Gasteiger partial charge in [-0.25, -0.2) is 9.34 Å². The fraction of sp³-hybridized carbons (Fsp3) is 1.00. The summed E-state index contributed by atoms with van der Waals surface area (Å²) in [5.41, 5.74) is 0. The van der Waals surface area contributed by atoms with E-state index in [9.17, 15) is 9.13 Å². The third-order valence-corrected chi connectivity index (χ3v) is 10.5. The lowest BCUT2D eigenvalue weighted by atomic mass is 11.3. The van der Waals surface area contributed by atoms with Gasteiger partial charge < -0.3 is 0 Å². The van der Waals surface area contributed by atoms with Gasteiger partial charge in [0.1, 0.15) is 5.90 Å². The molecule has 80 valence electrons. The van der Waals surface area contributed by atoms with Crippen molar-refractivity contribution < 1.29 is 9.13 Å². The highest BCUT2D eigenvalue weighted by molar-refractivity contribution is 8.01. The van der Waals surface area contributed by atoms with E-state index in [4.69, 9.17) is 22.5 Å². The number of hydrogen-bond donors (Lipinski definition) is 0. The van der Waals surface area contributed by atoms with Crippen LogP contribution in [0.2, 0.25) is 0 Å². The Balaban J connectivity index is 4.63. The van der Waals surface area contributed by atoms with Gasteiger partial charge in [-0.05, 0) is 50.7 Å². The zero-order valence-electron chi connectivity index (χ0n) is 8.07. The Kier molecular flexibility index (Phi) is 5.00. The fourth-order valence-electron chi connectivity index (χ4n) is 0.468. The molecule has 0 aliphatic carbocycles. The minimum atomic E-state index is -3.07. The first kappa shape index (κ1) is 14.0. The van der Waals surface area contributed by atoms with E-state index in [1.165, 1.54) is 9.34 Å². The Labute approximate surface area is 88.6 Å². The summed E-state index contributed by atoms with van der Waals surface area (Å²) in [6, 6.07) is 0. The molecule has 0 aromatic carbocycles. The van der Waals surface area contributed by atoms with Crippen LogP contribution in [-0.4, -0.2) is 43.4 Å². The number of nitrogens with zero attached hydrogens (tertiary/aromatic N) is 2. The summed E-state index contributed by atoms with van der Waals surface area (Å²) in [6.45, 7) is -6.14. The molecule has 0 saturated carbocycles. The minimum absolute atomic E-state index is 0.191. The molecule has 0 unspecified atom stereocenters. The lowest BCUT2D eigenvalue weighted by Crippen LogP contribution is -2.12. The SMILES string of the molecule is CN(C)[P@@](=O)(Cl)C[P@@](=O)(Cl)N(C)C. The summed E-state index contributed by atoms with van der Waals surface area (Å²) in [7, 11) is 6.28. The van der Waals surface area contributed by atoms with Crippen LogP contribution in [-0.2, 0) is 9.13 Å². The first-order valence-electron chi connectivity index (χ1n) is 3.52. The Morgan fingerprint density at radius 2 is 1.15 bits per heavy atom. The van der Waals surface area contributed by atoms with E-state index in [0.717, 1.165) is 0 Å². The summed E-state index contributed by atoms with van der Waals surface area (Å²) in [5.74, 6) is -0.191. The second-order valence-electron chi connectivity index (χ2n) is 3.07. The summed E-state index contributed by atoms with van der Waals surface area (Å²) >= 11 is 11.4. The Morgan fingerprint density at radius 1 is 0.923 bits per heavy atom. The predicted octanol–water partition coefficient (Wildman–Crippen LogP) is 2.93. The largest absolute Gasteiger partial charge is 0.288 e. The molecule has 13 heavy (non-hydrogen) atoms.